The van der Waals surface area contributed by atoms with E-state index in [4.69, 9.17) is 11.6 Å². The summed E-state index contributed by atoms with van der Waals surface area (Å²) in [5.41, 5.74) is 3.18. The third-order valence-corrected chi connectivity index (χ3v) is 7.95. The highest BCUT2D eigenvalue weighted by Gasteiger charge is 2.51. The maximum Gasteiger partial charge on any atom is 0.253 e. The van der Waals surface area contributed by atoms with Gasteiger partial charge >= 0.3 is 0 Å². The molecule has 2 aromatic rings. The Balaban J connectivity index is 1.22. The summed E-state index contributed by atoms with van der Waals surface area (Å²) in [6.07, 6.45) is 7.14. The molecule has 33 heavy (non-hydrogen) atoms. The van der Waals surface area contributed by atoms with E-state index in [9.17, 15) is 9.59 Å². The second-order valence-electron chi connectivity index (χ2n) is 9.74. The van der Waals surface area contributed by atoms with Gasteiger partial charge < -0.3 is 15.5 Å². The first-order valence-corrected chi connectivity index (χ1v) is 12.4. The largest absolute Gasteiger partial charge is 0.349 e. The van der Waals surface area contributed by atoms with Crippen molar-refractivity contribution < 1.29 is 9.59 Å². The number of carbonyl (C=O) groups is 2. The molecule has 1 aromatic carbocycles. The SMILES string of the molecule is Cc1ncc(Cl)cc1C(=O)N[C@H]1CC[C@H](CN2C(=O)C3(CCNCC3)c3ccccc32)CC1. The first kappa shape index (κ1) is 22.4. The monoisotopic (exact) mass is 466 g/mol. The van der Waals surface area contributed by atoms with E-state index in [1.165, 1.54) is 5.56 Å². The number of rotatable bonds is 4. The molecule has 1 saturated carbocycles. The number of carbonyl (C=O) groups excluding carboxylic acids is 2. The van der Waals surface area contributed by atoms with Crippen molar-refractivity contribution in [2.75, 3.05) is 24.5 Å². The molecule has 3 aliphatic rings. The van der Waals surface area contributed by atoms with Crippen LogP contribution in [0.15, 0.2) is 36.5 Å². The van der Waals surface area contributed by atoms with Crippen LogP contribution in [-0.4, -0.2) is 42.5 Å². The van der Waals surface area contributed by atoms with Gasteiger partial charge in [0, 0.05) is 24.5 Å². The molecule has 2 amide bonds. The molecule has 0 bridgehead atoms. The number of hydrogen-bond acceptors (Lipinski definition) is 4. The highest BCUT2D eigenvalue weighted by molar-refractivity contribution is 6.30. The van der Waals surface area contributed by atoms with E-state index in [0.29, 0.717) is 22.2 Å². The van der Waals surface area contributed by atoms with Crippen molar-refractivity contribution in [3.05, 3.63) is 58.4 Å². The Morgan fingerprint density at radius 1 is 1.21 bits per heavy atom. The number of anilines is 1. The normalized spacial score (nSPS) is 24.1. The van der Waals surface area contributed by atoms with Crippen LogP contribution in [0.5, 0.6) is 0 Å². The summed E-state index contributed by atoms with van der Waals surface area (Å²) in [6, 6.07) is 10.2. The van der Waals surface area contributed by atoms with E-state index >= 15 is 0 Å². The number of amides is 2. The maximum atomic E-state index is 13.7. The summed E-state index contributed by atoms with van der Waals surface area (Å²) in [5, 5.41) is 7.04. The van der Waals surface area contributed by atoms with Crippen LogP contribution in [0.2, 0.25) is 5.02 Å². The molecule has 1 spiro atoms. The first-order valence-electron chi connectivity index (χ1n) is 12.0. The number of pyridine rings is 1. The van der Waals surface area contributed by atoms with Crippen LogP contribution in [0.3, 0.4) is 0 Å². The average molecular weight is 467 g/mol. The topological polar surface area (TPSA) is 74.3 Å². The molecule has 1 aliphatic carbocycles. The second kappa shape index (κ2) is 9.07. The van der Waals surface area contributed by atoms with Crippen LogP contribution in [0.1, 0.15) is 60.1 Å². The Labute approximate surface area is 200 Å². The molecule has 5 rings (SSSR count). The lowest BCUT2D eigenvalue weighted by Gasteiger charge is -2.35. The standard InChI is InChI=1S/C26H31ClN4O2/c1-17-21(14-19(27)15-29-17)24(32)30-20-8-6-18(7-9-20)16-31-23-5-3-2-4-22(23)26(25(31)33)10-12-28-13-11-26/h2-5,14-15,18,20,28H,6-13,16H2,1H3,(H,30,32)/t18-,20-. The Morgan fingerprint density at radius 2 is 1.94 bits per heavy atom. The third-order valence-electron chi connectivity index (χ3n) is 7.74. The van der Waals surface area contributed by atoms with Crippen molar-refractivity contribution in [1.82, 2.24) is 15.6 Å². The molecule has 2 fully saturated rings. The number of halogens is 1. The molecule has 0 unspecified atom stereocenters. The highest BCUT2D eigenvalue weighted by atomic mass is 35.5. The third kappa shape index (κ3) is 4.15. The Kier molecular flexibility index (Phi) is 6.14. The average Bonchev–Trinajstić information content (AvgIpc) is 3.05. The molecule has 3 heterocycles. The number of aromatic nitrogens is 1. The molecular formula is C26H31ClN4O2. The van der Waals surface area contributed by atoms with Crippen LogP contribution in [0, 0.1) is 12.8 Å². The van der Waals surface area contributed by atoms with Gasteiger partial charge in [0.15, 0.2) is 0 Å². The number of benzene rings is 1. The Morgan fingerprint density at radius 3 is 2.70 bits per heavy atom. The molecule has 1 saturated heterocycles. The number of fused-ring (bicyclic) bond motifs is 2. The van der Waals surface area contributed by atoms with Gasteiger partial charge in [0.05, 0.1) is 21.7 Å². The van der Waals surface area contributed by atoms with E-state index in [0.717, 1.165) is 63.8 Å². The molecule has 174 valence electrons. The molecule has 1 aromatic heterocycles. The fourth-order valence-electron chi connectivity index (χ4n) is 5.86. The van der Waals surface area contributed by atoms with Crippen LogP contribution >= 0.6 is 11.6 Å². The lowest BCUT2D eigenvalue weighted by molar-refractivity contribution is -0.124. The molecule has 0 radical (unpaired) electrons. The minimum atomic E-state index is -0.351. The molecule has 0 atom stereocenters. The van der Waals surface area contributed by atoms with E-state index in [2.05, 4.69) is 38.7 Å². The van der Waals surface area contributed by atoms with Gasteiger partial charge in [-0.3, -0.25) is 14.6 Å². The minimum absolute atomic E-state index is 0.109. The Hall–Kier alpha value is -2.44. The fraction of sp³-hybridized carbons (Fsp3) is 0.500. The molecule has 6 nitrogen and oxygen atoms in total. The zero-order chi connectivity index (χ0) is 23.0. The van der Waals surface area contributed by atoms with Crippen LogP contribution in [0.4, 0.5) is 5.69 Å². The van der Waals surface area contributed by atoms with Gasteiger partial charge in [-0.25, -0.2) is 0 Å². The van der Waals surface area contributed by atoms with Gasteiger partial charge in [-0.1, -0.05) is 29.8 Å². The zero-order valence-corrected chi connectivity index (χ0v) is 19.8. The van der Waals surface area contributed by atoms with Gasteiger partial charge in [-0.05, 0) is 82.2 Å². The van der Waals surface area contributed by atoms with E-state index in [1.54, 1.807) is 12.3 Å². The second-order valence-corrected chi connectivity index (χ2v) is 10.2. The number of nitrogens with zero attached hydrogens (tertiary/aromatic N) is 2. The minimum Gasteiger partial charge on any atom is -0.349 e. The lowest BCUT2D eigenvalue weighted by atomic mass is 9.74. The van der Waals surface area contributed by atoms with Crippen LogP contribution in [-0.2, 0) is 10.2 Å². The van der Waals surface area contributed by atoms with Crippen molar-refractivity contribution in [2.45, 2.75) is 56.9 Å². The fourth-order valence-corrected chi connectivity index (χ4v) is 6.02. The number of aryl methyl sites for hydroxylation is 1. The zero-order valence-electron chi connectivity index (χ0n) is 19.1. The molecule has 2 N–H and O–H groups in total. The first-order chi connectivity index (χ1) is 16.0. The van der Waals surface area contributed by atoms with Gasteiger partial charge in [0.1, 0.15) is 0 Å². The number of para-hydroxylation sites is 1. The molecule has 2 aliphatic heterocycles. The molecule has 7 heteroatoms. The predicted molar refractivity (Wildman–Crippen MR) is 130 cm³/mol. The van der Waals surface area contributed by atoms with Gasteiger partial charge in [-0.15, -0.1) is 0 Å². The summed E-state index contributed by atoms with van der Waals surface area (Å²) in [7, 11) is 0. The summed E-state index contributed by atoms with van der Waals surface area (Å²) < 4.78 is 0. The van der Waals surface area contributed by atoms with E-state index in [1.807, 2.05) is 13.0 Å². The number of piperidine rings is 1. The van der Waals surface area contributed by atoms with Crippen molar-refractivity contribution in [2.24, 2.45) is 5.92 Å². The maximum absolute atomic E-state index is 13.7. The van der Waals surface area contributed by atoms with Crippen molar-refractivity contribution in [3.63, 3.8) is 0 Å². The smallest absolute Gasteiger partial charge is 0.253 e. The summed E-state index contributed by atoms with van der Waals surface area (Å²) in [6.45, 7) is 4.37. The summed E-state index contributed by atoms with van der Waals surface area (Å²) in [4.78, 5) is 32.6. The highest BCUT2D eigenvalue weighted by Crippen LogP contribution is 2.47. The predicted octanol–water partition coefficient (Wildman–Crippen LogP) is 4.00. The van der Waals surface area contributed by atoms with Gasteiger partial charge in [-0.2, -0.15) is 0 Å². The molecular weight excluding hydrogens is 436 g/mol. The summed E-state index contributed by atoms with van der Waals surface area (Å²) in [5.74, 6) is 0.619. The van der Waals surface area contributed by atoms with E-state index < -0.39 is 0 Å². The lowest BCUT2D eigenvalue weighted by Crippen LogP contribution is -2.48. The van der Waals surface area contributed by atoms with Gasteiger partial charge in [0.2, 0.25) is 5.91 Å². The Bertz CT molecular complexity index is 1060. The van der Waals surface area contributed by atoms with Crippen LogP contribution < -0.4 is 15.5 Å². The van der Waals surface area contributed by atoms with E-state index in [-0.39, 0.29) is 23.3 Å². The van der Waals surface area contributed by atoms with Gasteiger partial charge in [0.25, 0.3) is 5.91 Å². The number of hydrogen-bond donors (Lipinski definition) is 2. The quantitative estimate of drug-likeness (QED) is 0.714. The van der Waals surface area contributed by atoms with Crippen molar-refractivity contribution in [1.29, 1.82) is 0 Å². The van der Waals surface area contributed by atoms with Crippen molar-refractivity contribution in [3.8, 4) is 0 Å². The van der Waals surface area contributed by atoms with Crippen molar-refractivity contribution >= 4 is 29.1 Å². The summed E-state index contributed by atoms with van der Waals surface area (Å²) >= 11 is 6.03. The number of nitrogens with one attached hydrogen (secondary N) is 2. The van der Waals surface area contributed by atoms with Crippen LogP contribution in [0.25, 0.3) is 0 Å².